The van der Waals surface area contributed by atoms with Gasteiger partial charge in [-0.25, -0.2) is 4.98 Å². The lowest BCUT2D eigenvalue weighted by Gasteiger charge is -2.14. The first-order valence-corrected chi connectivity index (χ1v) is 6.37. The minimum Gasteiger partial charge on any atom is -0.397 e. The van der Waals surface area contributed by atoms with Crippen molar-refractivity contribution in [3.05, 3.63) is 30.2 Å². The number of rotatable bonds is 0. The number of nitrogens with zero attached hydrogens (tertiary/aromatic N) is 3. The van der Waals surface area contributed by atoms with Gasteiger partial charge in [0.25, 0.3) is 0 Å². The van der Waals surface area contributed by atoms with E-state index in [1.165, 1.54) is 24.2 Å². The molecule has 3 heterocycles. The molecule has 0 saturated carbocycles. The van der Waals surface area contributed by atoms with Crippen LogP contribution in [0, 0.1) is 0 Å². The topological polar surface area (TPSA) is 56.7 Å². The van der Waals surface area contributed by atoms with Gasteiger partial charge in [-0.2, -0.15) is 0 Å². The van der Waals surface area contributed by atoms with Crippen LogP contribution in [0.15, 0.2) is 24.4 Å². The van der Waals surface area contributed by atoms with Crippen LogP contribution >= 0.6 is 0 Å². The van der Waals surface area contributed by atoms with Gasteiger partial charge in [0.15, 0.2) is 0 Å². The molecule has 0 saturated heterocycles. The first kappa shape index (κ1) is 9.88. The average Bonchev–Trinajstić information content (AvgIpc) is 2.77. The molecule has 2 N–H and O–H groups in total. The van der Waals surface area contributed by atoms with Crippen LogP contribution in [0.2, 0.25) is 0 Å². The predicted octanol–water partition coefficient (Wildman–Crippen LogP) is 2.50. The highest BCUT2D eigenvalue weighted by atomic mass is 15.1. The van der Waals surface area contributed by atoms with Crippen LogP contribution in [-0.4, -0.2) is 14.5 Å². The van der Waals surface area contributed by atoms with E-state index in [9.17, 15) is 0 Å². The van der Waals surface area contributed by atoms with Crippen molar-refractivity contribution < 1.29 is 0 Å². The highest BCUT2D eigenvalue weighted by Crippen LogP contribution is 2.29. The summed E-state index contributed by atoms with van der Waals surface area (Å²) in [4.78, 5) is 9.14. The van der Waals surface area contributed by atoms with E-state index >= 15 is 0 Å². The molecule has 4 rings (SSSR count). The Bertz CT molecular complexity index is 757. The number of benzene rings is 1. The number of fused-ring (bicyclic) bond motifs is 5. The first-order valence-electron chi connectivity index (χ1n) is 6.37. The molecule has 0 unspecified atom stereocenters. The van der Waals surface area contributed by atoms with Crippen molar-refractivity contribution in [3.8, 4) is 0 Å². The average molecular weight is 238 g/mol. The largest absolute Gasteiger partial charge is 0.397 e. The summed E-state index contributed by atoms with van der Waals surface area (Å²) >= 11 is 0. The Morgan fingerprint density at radius 2 is 2.17 bits per heavy atom. The van der Waals surface area contributed by atoms with Gasteiger partial charge in [-0.1, -0.05) is 12.1 Å². The molecule has 0 fully saturated rings. The van der Waals surface area contributed by atoms with E-state index in [1.54, 1.807) is 0 Å². The highest BCUT2D eigenvalue weighted by molar-refractivity contribution is 6.06. The molecular formula is C14H14N4. The Labute approximate surface area is 104 Å². The highest BCUT2D eigenvalue weighted by Gasteiger charge is 2.17. The number of aryl methyl sites for hydroxylation is 2. The normalized spacial score (nSPS) is 15.1. The number of para-hydroxylation sites is 1. The van der Waals surface area contributed by atoms with E-state index in [4.69, 9.17) is 10.7 Å². The van der Waals surface area contributed by atoms with E-state index in [2.05, 4.69) is 15.6 Å². The lowest BCUT2D eigenvalue weighted by molar-refractivity contribution is 0.533. The molecule has 0 amide bonds. The number of imidazole rings is 1. The van der Waals surface area contributed by atoms with Crippen LogP contribution in [0.5, 0.6) is 0 Å². The number of pyridine rings is 1. The van der Waals surface area contributed by atoms with Crippen molar-refractivity contribution in [3.63, 3.8) is 0 Å². The molecule has 2 aromatic heterocycles. The Kier molecular flexibility index (Phi) is 1.89. The molecule has 1 aliphatic heterocycles. The van der Waals surface area contributed by atoms with Crippen LogP contribution in [-0.2, 0) is 13.0 Å². The molecular weight excluding hydrogens is 224 g/mol. The summed E-state index contributed by atoms with van der Waals surface area (Å²) in [5.74, 6) is 1.19. The van der Waals surface area contributed by atoms with E-state index in [-0.39, 0.29) is 0 Å². The summed E-state index contributed by atoms with van der Waals surface area (Å²) in [6, 6.07) is 5.97. The Morgan fingerprint density at radius 3 is 3.11 bits per heavy atom. The molecule has 4 nitrogen and oxygen atoms in total. The minimum atomic E-state index is 0.737. The second-order valence-corrected chi connectivity index (χ2v) is 4.87. The zero-order chi connectivity index (χ0) is 12.1. The van der Waals surface area contributed by atoms with Crippen molar-refractivity contribution in [2.45, 2.75) is 25.8 Å². The summed E-state index contributed by atoms with van der Waals surface area (Å²) < 4.78 is 2.34. The van der Waals surface area contributed by atoms with E-state index < -0.39 is 0 Å². The maximum absolute atomic E-state index is 6.00. The van der Waals surface area contributed by atoms with Crippen LogP contribution in [0.1, 0.15) is 18.7 Å². The van der Waals surface area contributed by atoms with Crippen molar-refractivity contribution in [2.24, 2.45) is 0 Å². The van der Waals surface area contributed by atoms with Gasteiger partial charge in [-0.05, 0) is 18.9 Å². The third kappa shape index (κ3) is 1.20. The van der Waals surface area contributed by atoms with Crippen LogP contribution in [0.3, 0.4) is 0 Å². The summed E-state index contributed by atoms with van der Waals surface area (Å²) in [5, 5.41) is 1.12. The van der Waals surface area contributed by atoms with Crippen molar-refractivity contribution in [1.82, 2.24) is 14.5 Å². The van der Waals surface area contributed by atoms with E-state index in [0.29, 0.717) is 0 Å². The fourth-order valence-electron chi connectivity index (χ4n) is 2.90. The Hall–Kier alpha value is -2.10. The molecule has 90 valence electrons. The zero-order valence-corrected chi connectivity index (χ0v) is 10.1. The second-order valence-electron chi connectivity index (χ2n) is 4.87. The van der Waals surface area contributed by atoms with Gasteiger partial charge in [0.05, 0.1) is 22.9 Å². The zero-order valence-electron chi connectivity index (χ0n) is 10.1. The van der Waals surface area contributed by atoms with Gasteiger partial charge in [-0.15, -0.1) is 0 Å². The van der Waals surface area contributed by atoms with E-state index in [0.717, 1.165) is 35.1 Å². The van der Waals surface area contributed by atoms with E-state index in [1.807, 2.05) is 18.3 Å². The first-order chi connectivity index (χ1) is 8.84. The lowest BCUT2D eigenvalue weighted by atomic mass is 10.1. The molecule has 0 bridgehead atoms. The molecule has 0 atom stereocenters. The number of hydrogen-bond donors (Lipinski definition) is 1. The van der Waals surface area contributed by atoms with Gasteiger partial charge in [0.1, 0.15) is 11.3 Å². The van der Waals surface area contributed by atoms with Gasteiger partial charge in [-0.3, -0.25) is 4.98 Å². The van der Waals surface area contributed by atoms with Gasteiger partial charge < -0.3 is 10.3 Å². The third-order valence-electron chi connectivity index (χ3n) is 3.74. The summed E-state index contributed by atoms with van der Waals surface area (Å²) in [7, 11) is 0. The summed E-state index contributed by atoms with van der Waals surface area (Å²) in [6.07, 6.45) is 5.37. The number of anilines is 1. The molecule has 1 aromatic carbocycles. The molecule has 0 radical (unpaired) electrons. The summed E-state index contributed by atoms with van der Waals surface area (Å²) in [5.41, 5.74) is 9.81. The maximum atomic E-state index is 6.00. The third-order valence-corrected chi connectivity index (χ3v) is 3.74. The molecule has 0 spiro atoms. The number of aromatic nitrogens is 3. The van der Waals surface area contributed by atoms with Crippen molar-refractivity contribution >= 4 is 27.6 Å². The number of nitrogen functional groups attached to an aromatic ring is 1. The lowest BCUT2D eigenvalue weighted by Crippen LogP contribution is -2.10. The maximum Gasteiger partial charge on any atom is 0.109 e. The number of nitrogens with two attached hydrogens (primary N) is 1. The molecule has 0 aliphatic carbocycles. The number of hydrogen-bond acceptors (Lipinski definition) is 3. The van der Waals surface area contributed by atoms with Crippen LogP contribution in [0.4, 0.5) is 5.69 Å². The smallest absolute Gasteiger partial charge is 0.109 e. The molecule has 18 heavy (non-hydrogen) atoms. The SMILES string of the molecule is Nc1cccc2c1ncc1nc3n(c12)CCCC3. The fourth-order valence-corrected chi connectivity index (χ4v) is 2.90. The molecule has 4 heteroatoms. The fraction of sp³-hybridized carbons (Fsp3) is 0.286. The van der Waals surface area contributed by atoms with Crippen molar-refractivity contribution in [2.75, 3.05) is 5.73 Å². The quantitative estimate of drug-likeness (QED) is 0.612. The molecule has 3 aromatic rings. The molecule has 1 aliphatic rings. The second kappa shape index (κ2) is 3.45. The standard InChI is InChI=1S/C14H14N4/c15-10-5-3-4-9-13(10)16-8-11-14(9)18-7-2-1-6-12(18)17-11/h3-5,8H,1-2,6-7,15H2. The Balaban J connectivity index is 2.20. The summed E-state index contributed by atoms with van der Waals surface area (Å²) in [6.45, 7) is 1.06. The van der Waals surface area contributed by atoms with Crippen LogP contribution < -0.4 is 5.73 Å². The van der Waals surface area contributed by atoms with Gasteiger partial charge in [0.2, 0.25) is 0 Å². The van der Waals surface area contributed by atoms with Gasteiger partial charge in [0, 0.05) is 18.4 Å². The monoisotopic (exact) mass is 238 g/mol. The Morgan fingerprint density at radius 1 is 1.22 bits per heavy atom. The minimum absolute atomic E-state index is 0.737. The predicted molar refractivity (Wildman–Crippen MR) is 72.4 cm³/mol. The van der Waals surface area contributed by atoms with Crippen molar-refractivity contribution in [1.29, 1.82) is 0 Å². The van der Waals surface area contributed by atoms with Gasteiger partial charge >= 0.3 is 0 Å². The van der Waals surface area contributed by atoms with Crippen LogP contribution in [0.25, 0.3) is 21.9 Å².